The monoisotopic (exact) mass is 554 g/mol. The first kappa shape index (κ1) is 26.6. The normalized spacial score (nSPS) is 11.6. The van der Waals surface area contributed by atoms with Gasteiger partial charge in [-0.3, -0.25) is 14.9 Å². The molecule has 0 unspecified atom stereocenters. The van der Waals surface area contributed by atoms with Crippen molar-refractivity contribution >= 4 is 61.9 Å². The minimum absolute atomic E-state index is 0.0658. The Morgan fingerprint density at radius 1 is 1.08 bits per heavy atom. The summed E-state index contributed by atoms with van der Waals surface area (Å²) in [6.45, 7) is 1.54. The third kappa shape index (κ3) is 5.01. The number of halogens is 1. The molecule has 1 amide bonds. The van der Waals surface area contributed by atoms with E-state index in [2.05, 4.69) is 0 Å². The maximum absolute atomic E-state index is 13.8. The van der Waals surface area contributed by atoms with Crippen LogP contribution < -0.4 is 4.31 Å². The topological polar surface area (TPSA) is 137 Å². The minimum atomic E-state index is -4.71. The number of sulfonamides is 1. The van der Waals surface area contributed by atoms with E-state index in [1.807, 2.05) is 0 Å². The molecule has 0 aliphatic carbocycles. The number of benzene rings is 3. The molecular formula is C26H19ClN2O8S. The molecule has 0 saturated carbocycles. The van der Waals surface area contributed by atoms with Crippen LogP contribution in [0.5, 0.6) is 0 Å². The number of esters is 1. The Bertz CT molecular complexity index is 1710. The Morgan fingerprint density at radius 3 is 2.45 bits per heavy atom. The molecule has 0 aliphatic rings. The molecule has 0 bridgehead atoms. The first-order chi connectivity index (χ1) is 18.0. The zero-order chi connectivity index (χ0) is 27.6. The number of rotatable bonds is 7. The highest BCUT2D eigenvalue weighted by atomic mass is 35.5. The van der Waals surface area contributed by atoms with Crippen LogP contribution in [0.25, 0.3) is 17.0 Å². The van der Waals surface area contributed by atoms with Crippen LogP contribution in [0.4, 0.5) is 11.4 Å². The van der Waals surface area contributed by atoms with Gasteiger partial charge in [0.25, 0.3) is 21.6 Å². The second-order valence-corrected chi connectivity index (χ2v) is 10.1. The maximum atomic E-state index is 13.8. The summed E-state index contributed by atoms with van der Waals surface area (Å²) in [6, 6.07) is 15.6. The zero-order valence-electron chi connectivity index (χ0n) is 20.0. The van der Waals surface area contributed by atoms with Gasteiger partial charge >= 0.3 is 5.97 Å². The highest BCUT2D eigenvalue weighted by Crippen LogP contribution is 2.34. The maximum Gasteiger partial charge on any atom is 0.342 e. The fourth-order valence-corrected chi connectivity index (χ4v) is 5.36. The van der Waals surface area contributed by atoms with Gasteiger partial charge in [-0.2, -0.15) is 4.31 Å². The van der Waals surface area contributed by atoms with Crippen molar-refractivity contribution in [3.05, 3.63) is 105 Å². The number of hydrogen-bond donors (Lipinski definition) is 0. The quantitative estimate of drug-likeness (QED) is 0.126. The van der Waals surface area contributed by atoms with Crippen LogP contribution in [0.15, 0.2) is 82.1 Å². The first-order valence-electron chi connectivity index (χ1n) is 10.9. The lowest BCUT2D eigenvalue weighted by atomic mass is 10.1. The summed E-state index contributed by atoms with van der Waals surface area (Å²) >= 11 is 5.86. The van der Waals surface area contributed by atoms with E-state index in [1.54, 1.807) is 37.3 Å². The molecule has 0 atom stereocenters. The van der Waals surface area contributed by atoms with E-state index in [-0.39, 0.29) is 33.0 Å². The molecule has 0 fully saturated rings. The number of carbonyl (C=O) groups excluding carboxylic acids is 2. The van der Waals surface area contributed by atoms with Gasteiger partial charge in [0.2, 0.25) is 0 Å². The van der Waals surface area contributed by atoms with E-state index in [0.29, 0.717) is 9.87 Å². The van der Waals surface area contributed by atoms with Crippen molar-refractivity contribution in [1.82, 2.24) is 0 Å². The fraction of sp³-hybridized carbons (Fsp3) is 0.0769. The standard InChI is InChI=1S/C26H19ClN2O8S/c1-16-25(26(31)36-2)20-14-18(9-12-23(20)37-16)28(24(30)13-8-17-6-4-3-5-7-17)38(34,35)19-10-11-21(27)22(15-19)29(32)33/h3-15H,1-2H3/b13-8+. The van der Waals surface area contributed by atoms with Gasteiger partial charge < -0.3 is 9.15 Å². The first-order valence-corrected chi connectivity index (χ1v) is 12.7. The van der Waals surface area contributed by atoms with Gasteiger partial charge in [0.1, 0.15) is 21.9 Å². The number of fused-ring (bicyclic) bond motifs is 1. The summed E-state index contributed by atoms with van der Waals surface area (Å²) in [4.78, 5) is 35.8. The molecule has 1 aromatic heterocycles. The fourth-order valence-electron chi connectivity index (χ4n) is 3.77. The van der Waals surface area contributed by atoms with Crippen molar-refractivity contribution in [1.29, 1.82) is 0 Å². The van der Waals surface area contributed by atoms with Crippen molar-refractivity contribution < 1.29 is 32.1 Å². The van der Waals surface area contributed by atoms with Crippen LogP contribution >= 0.6 is 11.6 Å². The molecule has 4 aromatic rings. The van der Waals surface area contributed by atoms with Crippen LogP contribution in [0, 0.1) is 17.0 Å². The molecule has 4 rings (SSSR count). The van der Waals surface area contributed by atoms with Crippen molar-refractivity contribution in [3.63, 3.8) is 0 Å². The highest BCUT2D eigenvalue weighted by Gasteiger charge is 2.33. The molecule has 12 heteroatoms. The lowest BCUT2D eigenvalue weighted by Crippen LogP contribution is -2.36. The number of furan rings is 1. The molecule has 0 saturated heterocycles. The van der Waals surface area contributed by atoms with E-state index in [9.17, 15) is 28.1 Å². The van der Waals surface area contributed by atoms with Gasteiger partial charge in [0.15, 0.2) is 0 Å². The lowest BCUT2D eigenvalue weighted by Gasteiger charge is -2.21. The molecule has 0 radical (unpaired) electrons. The summed E-state index contributed by atoms with van der Waals surface area (Å²) in [7, 11) is -3.52. The summed E-state index contributed by atoms with van der Waals surface area (Å²) in [5, 5.41) is 11.3. The molecule has 194 valence electrons. The molecule has 0 aliphatic heterocycles. The number of carbonyl (C=O) groups is 2. The number of anilines is 1. The predicted molar refractivity (Wildman–Crippen MR) is 141 cm³/mol. The van der Waals surface area contributed by atoms with E-state index < -0.39 is 37.4 Å². The SMILES string of the molecule is COC(=O)c1c(C)oc2ccc(N(C(=O)/C=C/c3ccccc3)S(=O)(=O)c3ccc(Cl)c([N+](=O)[O-])c3)cc12. The van der Waals surface area contributed by atoms with Crippen molar-refractivity contribution in [2.45, 2.75) is 11.8 Å². The summed E-state index contributed by atoms with van der Waals surface area (Å²) < 4.78 is 38.5. The Labute approximate surface area is 221 Å². The van der Waals surface area contributed by atoms with E-state index >= 15 is 0 Å². The average Bonchev–Trinajstić information content (AvgIpc) is 3.22. The third-order valence-electron chi connectivity index (χ3n) is 5.54. The third-order valence-corrected chi connectivity index (χ3v) is 7.58. The molecule has 0 N–H and O–H groups in total. The molecule has 0 spiro atoms. The van der Waals surface area contributed by atoms with Gasteiger partial charge in [-0.05, 0) is 48.9 Å². The van der Waals surface area contributed by atoms with E-state index in [4.69, 9.17) is 20.8 Å². The van der Waals surface area contributed by atoms with Gasteiger partial charge in [-0.1, -0.05) is 41.9 Å². The minimum Gasteiger partial charge on any atom is -0.465 e. The number of methoxy groups -OCH3 is 1. The molecule has 10 nitrogen and oxygen atoms in total. The molecular weight excluding hydrogens is 536 g/mol. The van der Waals surface area contributed by atoms with Crippen LogP contribution in [-0.2, 0) is 19.6 Å². The van der Waals surface area contributed by atoms with Crippen LogP contribution in [0.2, 0.25) is 5.02 Å². The largest absolute Gasteiger partial charge is 0.465 e. The summed E-state index contributed by atoms with van der Waals surface area (Å²) in [5.74, 6) is -1.44. The van der Waals surface area contributed by atoms with Crippen molar-refractivity contribution in [3.8, 4) is 0 Å². The molecule has 3 aromatic carbocycles. The van der Waals surface area contributed by atoms with Crippen molar-refractivity contribution in [2.24, 2.45) is 0 Å². The van der Waals surface area contributed by atoms with Crippen LogP contribution in [0.3, 0.4) is 0 Å². The number of nitro benzene ring substituents is 1. The van der Waals surface area contributed by atoms with Crippen molar-refractivity contribution in [2.75, 3.05) is 11.4 Å². The number of nitrogens with zero attached hydrogens (tertiary/aromatic N) is 2. The summed E-state index contributed by atoms with van der Waals surface area (Å²) in [6.07, 6.45) is 2.48. The Hall–Kier alpha value is -4.48. The number of ether oxygens (including phenoxy) is 1. The number of amides is 1. The number of hydrogen-bond acceptors (Lipinski definition) is 8. The second kappa shape index (κ2) is 10.5. The Balaban J connectivity index is 1.91. The zero-order valence-corrected chi connectivity index (χ0v) is 21.5. The number of nitro groups is 1. The van der Waals surface area contributed by atoms with Crippen LogP contribution in [-0.4, -0.2) is 32.3 Å². The molecule has 38 heavy (non-hydrogen) atoms. The van der Waals surface area contributed by atoms with Gasteiger partial charge in [-0.15, -0.1) is 0 Å². The number of aryl methyl sites for hydroxylation is 1. The second-order valence-electron chi connectivity index (χ2n) is 7.93. The Morgan fingerprint density at radius 2 is 1.79 bits per heavy atom. The van der Waals surface area contributed by atoms with E-state index in [1.165, 1.54) is 31.4 Å². The Kier molecular flexibility index (Phi) is 7.33. The molecule has 1 heterocycles. The van der Waals surface area contributed by atoms with E-state index in [0.717, 1.165) is 24.3 Å². The highest BCUT2D eigenvalue weighted by molar-refractivity contribution is 7.93. The van der Waals surface area contributed by atoms with Crippen LogP contribution in [0.1, 0.15) is 21.7 Å². The van der Waals surface area contributed by atoms with Gasteiger partial charge in [-0.25, -0.2) is 13.2 Å². The van der Waals surface area contributed by atoms with Gasteiger partial charge in [0.05, 0.1) is 22.6 Å². The average molecular weight is 555 g/mol. The predicted octanol–water partition coefficient (Wildman–Crippen LogP) is 5.52. The van der Waals surface area contributed by atoms with Gasteiger partial charge in [0, 0.05) is 17.5 Å². The smallest absolute Gasteiger partial charge is 0.342 e. The lowest BCUT2D eigenvalue weighted by molar-refractivity contribution is -0.384. The summed E-state index contributed by atoms with van der Waals surface area (Å²) in [5.41, 5.74) is 0.182.